The maximum Gasteiger partial charge on any atom is 0.404 e. The van der Waals surface area contributed by atoms with Crippen LogP contribution in [0.15, 0.2) is 24.3 Å². The quantitative estimate of drug-likeness (QED) is 0.769. The topological polar surface area (TPSA) is 64.3 Å². The molecule has 0 spiro atoms. The molecule has 17 heavy (non-hydrogen) atoms. The molecule has 0 aliphatic rings. The summed E-state index contributed by atoms with van der Waals surface area (Å²) in [7, 11) is 0. The van der Waals surface area contributed by atoms with Gasteiger partial charge in [0.2, 0.25) is 0 Å². The van der Waals surface area contributed by atoms with Crippen molar-refractivity contribution >= 4 is 17.7 Å². The van der Waals surface area contributed by atoms with Gasteiger partial charge >= 0.3 is 6.09 Å². The lowest BCUT2D eigenvalue weighted by Gasteiger charge is -2.17. The molecule has 0 fully saturated rings. The van der Waals surface area contributed by atoms with Crippen molar-refractivity contribution in [3.05, 3.63) is 34.9 Å². The molecule has 0 aliphatic heterocycles. The van der Waals surface area contributed by atoms with Crippen LogP contribution >= 0.6 is 11.6 Å². The number of nitrogens with one attached hydrogen (secondary N) is 1. The predicted octanol–water partition coefficient (Wildman–Crippen LogP) is 2.48. The van der Waals surface area contributed by atoms with E-state index in [-0.39, 0.29) is 12.6 Å². The maximum absolute atomic E-state index is 10.4. The third-order valence-electron chi connectivity index (χ3n) is 2.40. The van der Waals surface area contributed by atoms with E-state index in [2.05, 4.69) is 17.0 Å². The molecule has 0 bridgehead atoms. The molecule has 1 aromatic carbocycles. The monoisotopic (exact) mass is 256 g/mol. The van der Waals surface area contributed by atoms with Crippen LogP contribution in [0, 0.1) is 0 Å². The number of primary amides is 1. The summed E-state index contributed by atoms with van der Waals surface area (Å²) in [5.41, 5.74) is 5.99. The molecule has 0 radical (unpaired) electrons. The van der Waals surface area contributed by atoms with Crippen LogP contribution in [0.5, 0.6) is 0 Å². The van der Waals surface area contributed by atoms with Crippen molar-refractivity contribution in [2.75, 3.05) is 13.2 Å². The molecule has 4 nitrogen and oxygen atoms in total. The molecule has 3 N–H and O–H groups in total. The zero-order chi connectivity index (χ0) is 12.7. The van der Waals surface area contributed by atoms with Gasteiger partial charge in [-0.3, -0.25) is 0 Å². The lowest BCUT2D eigenvalue weighted by atomic mass is 10.0. The lowest BCUT2D eigenvalue weighted by Crippen LogP contribution is -2.27. The summed E-state index contributed by atoms with van der Waals surface area (Å²) >= 11 is 5.94. The van der Waals surface area contributed by atoms with Gasteiger partial charge in [-0.1, -0.05) is 30.7 Å². The number of benzene rings is 1. The normalized spacial score (nSPS) is 12.1. The fraction of sp³-hybridized carbons (Fsp3) is 0.417. The highest BCUT2D eigenvalue weighted by molar-refractivity contribution is 6.30. The van der Waals surface area contributed by atoms with E-state index in [1.165, 1.54) is 0 Å². The SMILES string of the molecule is CCC(NCCOC(N)=O)c1cccc(Cl)c1. The van der Waals surface area contributed by atoms with E-state index in [4.69, 9.17) is 17.3 Å². The highest BCUT2D eigenvalue weighted by Crippen LogP contribution is 2.19. The summed E-state index contributed by atoms with van der Waals surface area (Å²) in [6.07, 6.45) is 0.180. The first-order valence-electron chi connectivity index (χ1n) is 5.54. The third-order valence-corrected chi connectivity index (χ3v) is 2.63. The summed E-state index contributed by atoms with van der Waals surface area (Å²) < 4.78 is 4.65. The zero-order valence-electron chi connectivity index (χ0n) is 9.78. The van der Waals surface area contributed by atoms with Crippen molar-refractivity contribution in [2.45, 2.75) is 19.4 Å². The van der Waals surface area contributed by atoms with Crippen LogP contribution in [-0.2, 0) is 4.74 Å². The minimum atomic E-state index is -0.748. The number of hydrogen-bond acceptors (Lipinski definition) is 3. The number of carbonyl (C=O) groups excluding carboxylic acids is 1. The first kappa shape index (κ1) is 13.8. The Kier molecular flexibility index (Phi) is 5.80. The van der Waals surface area contributed by atoms with Crippen LogP contribution in [0.25, 0.3) is 0 Å². The summed E-state index contributed by atoms with van der Waals surface area (Å²) in [5.74, 6) is 0. The third kappa shape index (κ3) is 5.06. The number of nitrogens with two attached hydrogens (primary N) is 1. The Hall–Kier alpha value is -1.26. The molecule has 1 amide bonds. The second kappa shape index (κ2) is 7.14. The van der Waals surface area contributed by atoms with Crippen LogP contribution in [0.2, 0.25) is 5.02 Å². The highest BCUT2D eigenvalue weighted by atomic mass is 35.5. The first-order valence-corrected chi connectivity index (χ1v) is 5.92. The molecule has 94 valence electrons. The number of rotatable bonds is 6. The summed E-state index contributed by atoms with van der Waals surface area (Å²) in [4.78, 5) is 10.4. The summed E-state index contributed by atoms with van der Waals surface area (Å²) in [6, 6.07) is 7.90. The highest BCUT2D eigenvalue weighted by Gasteiger charge is 2.08. The molecule has 0 aromatic heterocycles. The number of ether oxygens (including phenoxy) is 1. The standard InChI is InChI=1S/C12H17ClN2O2/c1-2-11(15-6-7-17-12(14)16)9-4-3-5-10(13)8-9/h3-5,8,11,15H,2,6-7H2,1H3,(H2,14,16). The summed E-state index contributed by atoms with van der Waals surface area (Å²) in [5, 5.41) is 4.00. The van der Waals surface area contributed by atoms with Crippen molar-refractivity contribution in [2.24, 2.45) is 5.73 Å². The van der Waals surface area contributed by atoms with E-state index < -0.39 is 6.09 Å². The molecule has 0 heterocycles. The summed E-state index contributed by atoms with van der Waals surface area (Å²) in [6.45, 7) is 2.91. The lowest BCUT2D eigenvalue weighted by molar-refractivity contribution is 0.156. The fourth-order valence-electron chi connectivity index (χ4n) is 1.61. The van der Waals surface area contributed by atoms with E-state index in [0.29, 0.717) is 6.54 Å². The molecular weight excluding hydrogens is 240 g/mol. The maximum atomic E-state index is 10.4. The Morgan fingerprint density at radius 2 is 2.35 bits per heavy atom. The van der Waals surface area contributed by atoms with Crippen molar-refractivity contribution in [3.63, 3.8) is 0 Å². The Balaban J connectivity index is 2.45. The minimum Gasteiger partial charge on any atom is -0.448 e. The van der Waals surface area contributed by atoms with E-state index >= 15 is 0 Å². The Bertz CT molecular complexity index is 371. The number of carbonyl (C=O) groups is 1. The van der Waals surface area contributed by atoms with Crippen molar-refractivity contribution in [1.82, 2.24) is 5.32 Å². The minimum absolute atomic E-state index is 0.199. The van der Waals surface area contributed by atoms with E-state index in [9.17, 15) is 4.79 Å². The van der Waals surface area contributed by atoms with Gasteiger partial charge in [0.25, 0.3) is 0 Å². The van der Waals surface area contributed by atoms with Crippen molar-refractivity contribution < 1.29 is 9.53 Å². The van der Waals surface area contributed by atoms with Crippen LogP contribution in [0.4, 0.5) is 4.79 Å². The zero-order valence-corrected chi connectivity index (χ0v) is 10.5. The van der Waals surface area contributed by atoms with Crippen LogP contribution in [0.3, 0.4) is 0 Å². The molecule has 1 rings (SSSR count). The molecular formula is C12H17ClN2O2. The van der Waals surface area contributed by atoms with Gasteiger partial charge in [0.05, 0.1) is 0 Å². The van der Waals surface area contributed by atoms with Crippen LogP contribution in [-0.4, -0.2) is 19.2 Å². The Labute approximate surface area is 106 Å². The number of amides is 1. The van der Waals surface area contributed by atoms with Gasteiger partial charge < -0.3 is 15.8 Å². The molecule has 1 aromatic rings. The molecule has 0 saturated carbocycles. The Morgan fingerprint density at radius 3 is 2.94 bits per heavy atom. The number of halogens is 1. The smallest absolute Gasteiger partial charge is 0.404 e. The number of hydrogen-bond donors (Lipinski definition) is 2. The molecule has 0 saturated heterocycles. The average molecular weight is 257 g/mol. The van der Waals surface area contributed by atoms with Gasteiger partial charge in [-0.25, -0.2) is 4.79 Å². The second-order valence-electron chi connectivity index (χ2n) is 3.64. The van der Waals surface area contributed by atoms with E-state index in [0.717, 1.165) is 17.0 Å². The van der Waals surface area contributed by atoms with Crippen molar-refractivity contribution in [3.8, 4) is 0 Å². The van der Waals surface area contributed by atoms with Gasteiger partial charge in [-0.05, 0) is 24.1 Å². The van der Waals surface area contributed by atoms with Gasteiger partial charge in [-0.15, -0.1) is 0 Å². The van der Waals surface area contributed by atoms with Crippen LogP contribution < -0.4 is 11.1 Å². The molecule has 1 unspecified atom stereocenters. The van der Waals surface area contributed by atoms with Crippen LogP contribution in [0.1, 0.15) is 24.9 Å². The molecule has 1 atom stereocenters. The van der Waals surface area contributed by atoms with Gasteiger partial charge in [-0.2, -0.15) is 0 Å². The van der Waals surface area contributed by atoms with Gasteiger partial charge in [0, 0.05) is 17.6 Å². The van der Waals surface area contributed by atoms with Crippen molar-refractivity contribution in [1.29, 1.82) is 0 Å². The predicted molar refractivity (Wildman–Crippen MR) is 68.0 cm³/mol. The van der Waals surface area contributed by atoms with Gasteiger partial charge in [0.15, 0.2) is 0 Å². The fourth-order valence-corrected chi connectivity index (χ4v) is 1.80. The van der Waals surface area contributed by atoms with E-state index in [1.54, 1.807) is 0 Å². The van der Waals surface area contributed by atoms with E-state index in [1.807, 2.05) is 24.3 Å². The molecule has 0 aliphatic carbocycles. The largest absolute Gasteiger partial charge is 0.448 e. The first-order chi connectivity index (χ1) is 8.13. The molecule has 5 heteroatoms. The average Bonchev–Trinajstić information content (AvgIpc) is 2.29. The second-order valence-corrected chi connectivity index (χ2v) is 4.07. The van der Waals surface area contributed by atoms with Gasteiger partial charge in [0.1, 0.15) is 6.61 Å². The Morgan fingerprint density at radius 1 is 1.59 bits per heavy atom.